The number of aromatic amines is 1. The molecule has 8 heteroatoms. The third-order valence-corrected chi connectivity index (χ3v) is 3.30. The molecule has 2 aliphatic rings. The van der Waals surface area contributed by atoms with E-state index in [1.54, 1.807) is 0 Å². The summed E-state index contributed by atoms with van der Waals surface area (Å²) in [6.45, 7) is 1.48. The molecule has 1 saturated heterocycles. The maximum absolute atomic E-state index is 11.8. The van der Waals surface area contributed by atoms with Gasteiger partial charge < -0.3 is 19.7 Å². The quantitative estimate of drug-likeness (QED) is 0.488. The smallest absolute Gasteiger partial charge is 0.333 e. The van der Waals surface area contributed by atoms with Crippen LogP contribution in [0.3, 0.4) is 0 Å². The average Bonchev–Trinajstić information content (AvgIpc) is 2.54. The minimum absolute atomic E-state index is 0.0293. The number of ether oxygens (including phenoxy) is 2. The molecule has 0 saturated carbocycles. The van der Waals surface area contributed by atoms with Gasteiger partial charge in [0, 0.05) is 0 Å². The Morgan fingerprint density at radius 1 is 1.33 bits per heavy atom. The number of nitrogens with one attached hydrogen (secondary N) is 1. The van der Waals surface area contributed by atoms with Crippen LogP contribution >= 0.6 is 0 Å². The van der Waals surface area contributed by atoms with E-state index in [4.69, 9.17) is 9.47 Å². The van der Waals surface area contributed by atoms with Crippen LogP contribution in [0.25, 0.3) is 0 Å². The Balaban J connectivity index is 2.25. The van der Waals surface area contributed by atoms with Crippen molar-refractivity contribution in [3.63, 3.8) is 0 Å². The highest BCUT2D eigenvalue weighted by atomic mass is 16.6. The van der Waals surface area contributed by atoms with Crippen LogP contribution in [0.4, 0.5) is 0 Å². The van der Waals surface area contributed by atoms with Gasteiger partial charge in [-0.2, -0.15) is 0 Å². The van der Waals surface area contributed by atoms with Crippen LogP contribution in [0.5, 0.6) is 5.88 Å². The third-order valence-electron chi connectivity index (χ3n) is 3.30. The molecule has 3 N–H and O–H groups in total. The molecule has 0 spiro atoms. The highest BCUT2D eigenvalue weighted by molar-refractivity contribution is 5.24. The van der Waals surface area contributed by atoms with Gasteiger partial charge in [-0.3, -0.25) is 9.78 Å². The van der Waals surface area contributed by atoms with E-state index < -0.39 is 35.8 Å². The van der Waals surface area contributed by atoms with Crippen LogP contribution in [-0.4, -0.2) is 44.7 Å². The molecule has 98 valence electrons. The van der Waals surface area contributed by atoms with Crippen LogP contribution < -0.4 is 16.0 Å². The standard InChI is InChI=1S/C10H12N2O6/c1-3-7(15)11-10(16)12-8(3)17-2-4-5(13)6(14)9(12)18-4/h4-6,9,13-14H,2H2,1H3,(H,11,15,16)/t4-,5-,6-,9-/m1/s1. The van der Waals surface area contributed by atoms with E-state index in [0.717, 1.165) is 4.57 Å². The van der Waals surface area contributed by atoms with Crippen LogP contribution in [0.1, 0.15) is 11.8 Å². The van der Waals surface area contributed by atoms with Crippen LogP contribution in [0, 0.1) is 6.92 Å². The Morgan fingerprint density at radius 2 is 2.06 bits per heavy atom. The molecule has 0 amide bonds. The summed E-state index contributed by atoms with van der Waals surface area (Å²) in [4.78, 5) is 25.4. The lowest BCUT2D eigenvalue weighted by Gasteiger charge is -2.22. The average molecular weight is 256 g/mol. The number of aromatic nitrogens is 2. The minimum Gasteiger partial charge on any atom is -0.475 e. The molecule has 0 aliphatic carbocycles. The Morgan fingerprint density at radius 3 is 2.78 bits per heavy atom. The van der Waals surface area contributed by atoms with Gasteiger partial charge in [0.15, 0.2) is 6.23 Å². The first kappa shape index (κ1) is 11.5. The maximum atomic E-state index is 11.8. The second kappa shape index (κ2) is 3.67. The number of fused-ring (bicyclic) bond motifs is 4. The monoisotopic (exact) mass is 256 g/mol. The molecule has 18 heavy (non-hydrogen) atoms. The Bertz CT molecular complexity index is 605. The summed E-state index contributed by atoms with van der Waals surface area (Å²) in [6.07, 6.45) is -4.13. The second-order valence-electron chi connectivity index (χ2n) is 4.42. The zero-order chi connectivity index (χ0) is 13.0. The van der Waals surface area contributed by atoms with Gasteiger partial charge in [0.25, 0.3) is 5.56 Å². The van der Waals surface area contributed by atoms with Gasteiger partial charge in [-0.25, -0.2) is 9.36 Å². The van der Waals surface area contributed by atoms with Gasteiger partial charge in [-0.1, -0.05) is 0 Å². The highest BCUT2D eigenvalue weighted by Gasteiger charge is 2.47. The van der Waals surface area contributed by atoms with Crippen molar-refractivity contribution in [3.05, 3.63) is 26.4 Å². The fourth-order valence-corrected chi connectivity index (χ4v) is 2.27. The van der Waals surface area contributed by atoms with Gasteiger partial charge in [0.1, 0.15) is 24.9 Å². The van der Waals surface area contributed by atoms with E-state index in [1.807, 2.05) is 0 Å². The molecule has 8 nitrogen and oxygen atoms in total. The summed E-state index contributed by atoms with van der Waals surface area (Å²) in [7, 11) is 0. The first-order chi connectivity index (χ1) is 8.50. The minimum atomic E-state index is -1.24. The maximum Gasteiger partial charge on any atom is 0.333 e. The number of hydrogen-bond acceptors (Lipinski definition) is 6. The van der Waals surface area contributed by atoms with Crippen molar-refractivity contribution in [1.29, 1.82) is 0 Å². The molecule has 4 atom stereocenters. The summed E-state index contributed by atoms with van der Waals surface area (Å²) >= 11 is 0. The lowest BCUT2D eigenvalue weighted by atomic mass is 10.1. The Labute approximate surface area is 100 Å². The molecular formula is C10H12N2O6. The third kappa shape index (κ3) is 1.36. The van der Waals surface area contributed by atoms with Gasteiger partial charge in [-0.15, -0.1) is 0 Å². The molecule has 2 bridgehead atoms. The first-order valence-corrected chi connectivity index (χ1v) is 5.50. The van der Waals surface area contributed by atoms with Crippen molar-refractivity contribution in [2.24, 2.45) is 0 Å². The van der Waals surface area contributed by atoms with E-state index >= 15 is 0 Å². The molecular weight excluding hydrogens is 244 g/mol. The van der Waals surface area contributed by atoms with Crippen LogP contribution in [-0.2, 0) is 4.74 Å². The summed E-state index contributed by atoms with van der Waals surface area (Å²) in [5.74, 6) is 0.0715. The number of nitrogens with zero attached hydrogens (tertiary/aromatic N) is 1. The summed E-state index contributed by atoms with van der Waals surface area (Å²) in [5, 5.41) is 19.5. The van der Waals surface area contributed by atoms with E-state index in [1.165, 1.54) is 6.92 Å². The van der Waals surface area contributed by atoms with Crippen molar-refractivity contribution in [1.82, 2.24) is 9.55 Å². The Kier molecular flexibility index (Phi) is 2.34. The summed E-state index contributed by atoms with van der Waals surface area (Å²) in [5.41, 5.74) is -1.05. The predicted octanol–water partition coefficient (Wildman–Crippen LogP) is -2.14. The van der Waals surface area contributed by atoms with Crippen molar-refractivity contribution in [2.75, 3.05) is 6.61 Å². The molecule has 3 rings (SSSR count). The van der Waals surface area contributed by atoms with E-state index in [-0.39, 0.29) is 18.1 Å². The molecule has 1 aromatic heterocycles. The van der Waals surface area contributed by atoms with Crippen LogP contribution in [0.15, 0.2) is 9.59 Å². The largest absolute Gasteiger partial charge is 0.475 e. The van der Waals surface area contributed by atoms with Gasteiger partial charge in [-0.05, 0) is 6.92 Å². The van der Waals surface area contributed by atoms with Crippen molar-refractivity contribution >= 4 is 0 Å². The lowest BCUT2D eigenvalue weighted by molar-refractivity contribution is -0.0337. The van der Waals surface area contributed by atoms with Gasteiger partial charge >= 0.3 is 5.69 Å². The van der Waals surface area contributed by atoms with Gasteiger partial charge in [0.05, 0.1) is 5.56 Å². The number of hydrogen-bond donors (Lipinski definition) is 3. The van der Waals surface area contributed by atoms with Crippen LogP contribution in [0.2, 0.25) is 0 Å². The zero-order valence-corrected chi connectivity index (χ0v) is 9.49. The molecule has 0 radical (unpaired) electrons. The molecule has 1 aromatic rings. The van der Waals surface area contributed by atoms with Crippen molar-refractivity contribution < 1.29 is 19.7 Å². The van der Waals surface area contributed by atoms with Crippen molar-refractivity contribution in [2.45, 2.75) is 31.5 Å². The second-order valence-corrected chi connectivity index (χ2v) is 4.42. The SMILES string of the molecule is Cc1c2n(c(=O)[nH]c1=O)[C@@H]1O[C@H](CO2)[C@@H](O)[C@H]1O. The predicted molar refractivity (Wildman–Crippen MR) is 57.5 cm³/mol. The topological polar surface area (TPSA) is 114 Å². The number of aliphatic hydroxyl groups excluding tert-OH is 2. The van der Waals surface area contributed by atoms with E-state index in [2.05, 4.69) is 4.98 Å². The lowest BCUT2D eigenvalue weighted by Crippen LogP contribution is -2.41. The van der Waals surface area contributed by atoms with Crippen molar-refractivity contribution in [3.8, 4) is 5.88 Å². The fourth-order valence-electron chi connectivity index (χ4n) is 2.27. The molecule has 2 aliphatic heterocycles. The van der Waals surface area contributed by atoms with Gasteiger partial charge in [0.2, 0.25) is 5.88 Å². The van der Waals surface area contributed by atoms with E-state index in [0.29, 0.717) is 0 Å². The summed E-state index contributed by atoms with van der Waals surface area (Å²) < 4.78 is 11.7. The summed E-state index contributed by atoms with van der Waals surface area (Å²) in [6, 6.07) is 0. The molecule has 3 heterocycles. The normalized spacial score (nSPS) is 33.7. The fraction of sp³-hybridized carbons (Fsp3) is 0.600. The number of aliphatic hydroxyl groups is 2. The number of rotatable bonds is 0. The Hall–Kier alpha value is -1.64. The molecule has 0 aromatic carbocycles. The molecule has 0 unspecified atom stereocenters. The van der Waals surface area contributed by atoms with E-state index in [9.17, 15) is 19.8 Å². The zero-order valence-electron chi connectivity index (χ0n) is 9.49. The number of H-pyrrole nitrogens is 1. The highest BCUT2D eigenvalue weighted by Crippen LogP contribution is 2.34. The first-order valence-electron chi connectivity index (χ1n) is 5.50. The molecule has 1 fully saturated rings.